The molecule has 132 valence electrons. The van der Waals surface area contributed by atoms with Crippen molar-refractivity contribution in [3.8, 4) is 0 Å². The van der Waals surface area contributed by atoms with Crippen LogP contribution in [0.25, 0.3) is 0 Å². The Balaban J connectivity index is 1.81. The fraction of sp³-hybridized carbons (Fsp3) is 0.400. The molecule has 2 heterocycles. The zero-order valence-corrected chi connectivity index (χ0v) is 15.1. The van der Waals surface area contributed by atoms with E-state index in [2.05, 4.69) is 28.9 Å². The summed E-state index contributed by atoms with van der Waals surface area (Å²) in [6.07, 6.45) is 0. The summed E-state index contributed by atoms with van der Waals surface area (Å²) in [7, 11) is 0. The molecule has 1 aliphatic heterocycles. The fourth-order valence-corrected chi connectivity index (χ4v) is 3.77. The Bertz CT molecular complexity index is 780. The Morgan fingerprint density at radius 3 is 2.68 bits per heavy atom. The Morgan fingerprint density at radius 1 is 1.28 bits per heavy atom. The van der Waals surface area contributed by atoms with E-state index < -0.39 is 0 Å². The van der Waals surface area contributed by atoms with E-state index in [-0.39, 0.29) is 17.7 Å². The predicted octanol–water partition coefficient (Wildman–Crippen LogP) is 0.912. The third-order valence-electron chi connectivity index (χ3n) is 5.08. The number of nitrogens with zero attached hydrogens (tertiary/aromatic N) is 1. The van der Waals surface area contributed by atoms with Crippen molar-refractivity contribution in [1.82, 2.24) is 9.88 Å². The zero-order chi connectivity index (χ0) is 18.0. The second-order valence-corrected chi connectivity index (χ2v) is 6.87. The van der Waals surface area contributed by atoms with Crippen LogP contribution in [0.4, 0.5) is 0 Å². The monoisotopic (exact) mass is 340 g/mol. The summed E-state index contributed by atoms with van der Waals surface area (Å²) in [5.74, 6) is 0.140. The van der Waals surface area contributed by atoms with Gasteiger partial charge in [-0.15, -0.1) is 0 Å². The minimum Gasteiger partial charge on any atom is -0.346 e. The fourth-order valence-electron chi connectivity index (χ4n) is 3.77. The first-order valence-electron chi connectivity index (χ1n) is 8.84. The van der Waals surface area contributed by atoms with Gasteiger partial charge >= 0.3 is 0 Å². The molecule has 0 saturated carbocycles. The van der Waals surface area contributed by atoms with Gasteiger partial charge in [-0.2, -0.15) is 0 Å². The van der Waals surface area contributed by atoms with Gasteiger partial charge < -0.3 is 14.8 Å². The minimum atomic E-state index is 0.0252. The SMILES string of the molecule is Cc1cc(C(=O)C[NH+]2CCNC(=O)C2)c(C)n1[C@H](C)c1ccccc1. The van der Waals surface area contributed by atoms with Gasteiger partial charge in [-0.1, -0.05) is 30.3 Å². The number of Topliss-reactive ketones (excluding diaryl/α,β-unsaturated/α-hetero) is 1. The normalized spacial score (nSPS) is 18.7. The summed E-state index contributed by atoms with van der Waals surface area (Å²) in [5.41, 5.74) is 4.09. The molecule has 25 heavy (non-hydrogen) atoms. The van der Waals surface area contributed by atoms with Crippen LogP contribution >= 0.6 is 0 Å². The molecule has 1 aliphatic rings. The second kappa shape index (κ2) is 7.23. The van der Waals surface area contributed by atoms with Crippen LogP contribution in [0.3, 0.4) is 0 Å². The van der Waals surface area contributed by atoms with Gasteiger partial charge in [-0.05, 0) is 32.4 Å². The number of amides is 1. The van der Waals surface area contributed by atoms with Gasteiger partial charge in [0.2, 0.25) is 5.78 Å². The number of carbonyl (C=O) groups excluding carboxylic acids is 2. The van der Waals surface area contributed by atoms with Crippen LogP contribution in [0.5, 0.6) is 0 Å². The van der Waals surface area contributed by atoms with E-state index in [0.29, 0.717) is 19.6 Å². The highest BCUT2D eigenvalue weighted by molar-refractivity contribution is 5.98. The minimum absolute atomic E-state index is 0.0252. The summed E-state index contributed by atoms with van der Waals surface area (Å²) >= 11 is 0. The highest BCUT2D eigenvalue weighted by Gasteiger charge is 2.26. The van der Waals surface area contributed by atoms with E-state index in [0.717, 1.165) is 28.4 Å². The predicted molar refractivity (Wildman–Crippen MR) is 97.1 cm³/mol. The van der Waals surface area contributed by atoms with E-state index in [1.54, 1.807) is 0 Å². The Hall–Kier alpha value is -2.40. The summed E-state index contributed by atoms with van der Waals surface area (Å²) in [6.45, 7) is 8.41. The van der Waals surface area contributed by atoms with Crippen LogP contribution in [0.2, 0.25) is 0 Å². The van der Waals surface area contributed by atoms with Crippen molar-refractivity contribution < 1.29 is 14.5 Å². The summed E-state index contributed by atoms with van der Waals surface area (Å²) in [4.78, 5) is 25.4. The van der Waals surface area contributed by atoms with Crippen LogP contribution in [-0.2, 0) is 4.79 Å². The molecule has 5 heteroatoms. The van der Waals surface area contributed by atoms with E-state index in [1.807, 2.05) is 38.1 Å². The number of aromatic nitrogens is 1. The number of rotatable bonds is 5. The first kappa shape index (κ1) is 17.4. The van der Waals surface area contributed by atoms with Gasteiger partial charge in [-0.3, -0.25) is 9.59 Å². The van der Waals surface area contributed by atoms with Crippen LogP contribution in [0.15, 0.2) is 36.4 Å². The van der Waals surface area contributed by atoms with Gasteiger partial charge in [0, 0.05) is 17.0 Å². The molecule has 0 spiro atoms. The molecule has 1 unspecified atom stereocenters. The number of hydrogen-bond acceptors (Lipinski definition) is 2. The number of piperazine rings is 1. The number of carbonyl (C=O) groups is 2. The summed E-state index contributed by atoms with van der Waals surface area (Å²) < 4.78 is 2.22. The van der Waals surface area contributed by atoms with Crippen molar-refractivity contribution in [2.45, 2.75) is 26.8 Å². The largest absolute Gasteiger partial charge is 0.346 e. The van der Waals surface area contributed by atoms with Gasteiger partial charge in [-0.25, -0.2) is 0 Å². The molecule has 2 N–H and O–H groups in total. The Morgan fingerprint density at radius 2 is 2.00 bits per heavy atom. The standard InChI is InChI=1S/C20H25N3O2/c1-14-11-18(19(24)12-22-10-9-21-20(25)13-22)16(3)23(14)15(2)17-7-5-4-6-8-17/h4-8,11,15H,9-10,12-13H2,1-3H3,(H,21,25)/p+1/t15-/m1/s1. The topological polar surface area (TPSA) is 55.5 Å². The maximum absolute atomic E-state index is 12.8. The number of hydrogen-bond donors (Lipinski definition) is 2. The van der Waals surface area contributed by atoms with Crippen molar-refractivity contribution >= 4 is 11.7 Å². The molecule has 0 aliphatic carbocycles. The zero-order valence-electron chi connectivity index (χ0n) is 15.1. The van der Waals surface area contributed by atoms with Crippen LogP contribution < -0.4 is 10.2 Å². The molecular formula is C20H26N3O2+. The molecular weight excluding hydrogens is 314 g/mol. The third kappa shape index (κ3) is 3.66. The maximum atomic E-state index is 12.8. The first-order chi connectivity index (χ1) is 12.0. The molecule has 1 saturated heterocycles. The lowest BCUT2D eigenvalue weighted by atomic mass is 10.1. The van der Waals surface area contributed by atoms with E-state index >= 15 is 0 Å². The smallest absolute Gasteiger partial charge is 0.275 e. The second-order valence-electron chi connectivity index (χ2n) is 6.87. The summed E-state index contributed by atoms with van der Waals surface area (Å²) in [5, 5.41) is 2.81. The number of aryl methyl sites for hydroxylation is 1. The van der Waals surface area contributed by atoms with Gasteiger partial charge in [0.05, 0.1) is 19.1 Å². The quantitative estimate of drug-likeness (QED) is 0.795. The number of ketones is 1. The van der Waals surface area contributed by atoms with Crippen molar-refractivity contribution in [3.63, 3.8) is 0 Å². The Kier molecular flexibility index (Phi) is 5.04. The molecule has 2 atom stereocenters. The van der Waals surface area contributed by atoms with Crippen LogP contribution in [0, 0.1) is 13.8 Å². The van der Waals surface area contributed by atoms with E-state index in [9.17, 15) is 9.59 Å². The van der Waals surface area contributed by atoms with Gasteiger partial charge in [0.25, 0.3) is 5.91 Å². The molecule has 1 amide bonds. The third-order valence-corrected chi connectivity index (χ3v) is 5.08. The molecule has 1 aromatic carbocycles. The number of quaternary nitrogens is 1. The van der Waals surface area contributed by atoms with Crippen molar-refractivity contribution in [2.75, 3.05) is 26.2 Å². The first-order valence-corrected chi connectivity index (χ1v) is 8.84. The van der Waals surface area contributed by atoms with Gasteiger partial charge in [0.1, 0.15) is 6.54 Å². The number of nitrogens with one attached hydrogen (secondary N) is 2. The van der Waals surface area contributed by atoms with Crippen molar-refractivity contribution in [3.05, 3.63) is 58.9 Å². The lowest BCUT2D eigenvalue weighted by Gasteiger charge is -2.23. The average molecular weight is 340 g/mol. The number of benzene rings is 1. The van der Waals surface area contributed by atoms with E-state index in [1.165, 1.54) is 5.56 Å². The molecule has 2 aromatic rings. The van der Waals surface area contributed by atoms with Gasteiger partial charge in [0.15, 0.2) is 6.54 Å². The molecule has 0 bridgehead atoms. The van der Waals surface area contributed by atoms with Crippen LogP contribution in [0.1, 0.15) is 40.3 Å². The molecule has 0 radical (unpaired) electrons. The molecule has 5 nitrogen and oxygen atoms in total. The summed E-state index contributed by atoms with van der Waals surface area (Å²) in [6, 6.07) is 12.5. The van der Waals surface area contributed by atoms with Crippen LogP contribution in [-0.4, -0.2) is 42.4 Å². The maximum Gasteiger partial charge on any atom is 0.275 e. The molecule has 1 fully saturated rings. The average Bonchev–Trinajstić information content (AvgIpc) is 2.90. The highest BCUT2D eigenvalue weighted by Crippen LogP contribution is 2.25. The molecule has 3 rings (SSSR count). The lowest BCUT2D eigenvalue weighted by molar-refractivity contribution is -0.884. The van der Waals surface area contributed by atoms with Crippen molar-refractivity contribution in [1.29, 1.82) is 0 Å². The highest BCUT2D eigenvalue weighted by atomic mass is 16.2. The van der Waals surface area contributed by atoms with E-state index in [4.69, 9.17) is 0 Å². The Labute approximate surface area is 148 Å². The van der Waals surface area contributed by atoms with Crippen molar-refractivity contribution in [2.24, 2.45) is 0 Å². The molecule has 1 aromatic heterocycles. The lowest BCUT2D eigenvalue weighted by Crippen LogP contribution is -3.16.